The molecule has 0 radical (unpaired) electrons. The van der Waals surface area contributed by atoms with E-state index in [0.29, 0.717) is 17.5 Å². The molecule has 2 nitrogen and oxygen atoms in total. The van der Waals surface area contributed by atoms with Gasteiger partial charge in [-0.2, -0.15) is 0 Å². The van der Waals surface area contributed by atoms with Crippen LogP contribution in [0.2, 0.25) is 0 Å². The van der Waals surface area contributed by atoms with E-state index in [9.17, 15) is 0 Å². The van der Waals surface area contributed by atoms with E-state index in [4.69, 9.17) is 10.2 Å². The van der Waals surface area contributed by atoms with Gasteiger partial charge in [-0.3, -0.25) is 0 Å². The number of anilines is 1. The van der Waals surface area contributed by atoms with Crippen LogP contribution in [-0.4, -0.2) is 0 Å². The van der Waals surface area contributed by atoms with Crippen LogP contribution < -0.4 is 5.73 Å². The number of allylic oxidation sites excluding steroid dienone is 3. The summed E-state index contributed by atoms with van der Waals surface area (Å²) in [5.74, 6) is 1.80. The summed E-state index contributed by atoms with van der Waals surface area (Å²) >= 11 is 0. The lowest BCUT2D eigenvalue weighted by atomic mass is 9.81. The average Bonchev–Trinajstić information content (AvgIpc) is 2.73. The molecule has 18 heavy (non-hydrogen) atoms. The third kappa shape index (κ3) is 1.49. The van der Waals surface area contributed by atoms with Crippen LogP contribution in [0.15, 0.2) is 40.8 Å². The molecule has 0 aliphatic heterocycles. The molecule has 1 aromatic carbocycles. The smallest absolute Gasteiger partial charge is 0.157 e. The third-order valence-corrected chi connectivity index (χ3v) is 3.66. The maximum atomic E-state index is 5.99. The van der Waals surface area contributed by atoms with Gasteiger partial charge in [0, 0.05) is 16.9 Å². The second kappa shape index (κ2) is 4.05. The summed E-state index contributed by atoms with van der Waals surface area (Å²) in [6, 6.07) is 5.97. The highest BCUT2D eigenvalue weighted by Crippen LogP contribution is 2.42. The van der Waals surface area contributed by atoms with E-state index in [0.717, 1.165) is 16.7 Å². The van der Waals surface area contributed by atoms with Crippen LogP contribution in [0.5, 0.6) is 0 Å². The normalized spacial score (nSPS) is 22.8. The molecule has 1 aromatic heterocycles. The first-order valence-corrected chi connectivity index (χ1v) is 6.34. The topological polar surface area (TPSA) is 39.2 Å². The molecule has 2 N–H and O–H groups in total. The minimum atomic E-state index is 0.373. The number of fused-ring (bicyclic) bond motifs is 3. The minimum absolute atomic E-state index is 0.373. The summed E-state index contributed by atoms with van der Waals surface area (Å²) in [5.41, 5.74) is 8.78. The first-order valence-electron chi connectivity index (χ1n) is 6.34. The number of hydrogen-bond donors (Lipinski definition) is 1. The van der Waals surface area contributed by atoms with Crippen LogP contribution in [0, 0.1) is 5.92 Å². The van der Waals surface area contributed by atoms with Crippen LogP contribution in [0.4, 0.5) is 5.69 Å². The van der Waals surface area contributed by atoms with Gasteiger partial charge in [0.25, 0.3) is 0 Å². The Kier molecular flexibility index (Phi) is 2.51. The van der Waals surface area contributed by atoms with Crippen molar-refractivity contribution >= 4 is 22.7 Å². The number of para-hydroxylation sites is 1. The van der Waals surface area contributed by atoms with Gasteiger partial charge in [0.1, 0.15) is 5.76 Å². The van der Waals surface area contributed by atoms with Crippen molar-refractivity contribution < 1.29 is 4.42 Å². The fourth-order valence-corrected chi connectivity index (χ4v) is 2.75. The zero-order valence-electron chi connectivity index (χ0n) is 10.7. The quantitative estimate of drug-likeness (QED) is 0.594. The van der Waals surface area contributed by atoms with Gasteiger partial charge in [-0.1, -0.05) is 37.3 Å². The molecule has 1 aliphatic rings. The Labute approximate surface area is 107 Å². The fourth-order valence-electron chi connectivity index (χ4n) is 2.75. The van der Waals surface area contributed by atoms with Crippen LogP contribution in [0.1, 0.15) is 31.1 Å². The molecule has 2 heteroatoms. The Morgan fingerprint density at radius 2 is 2.17 bits per heavy atom. The van der Waals surface area contributed by atoms with E-state index >= 15 is 0 Å². The van der Waals surface area contributed by atoms with Crippen LogP contribution in [0.3, 0.4) is 0 Å². The molecule has 3 rings (SSSR count). The molecular formula is C16H17NO. The van der Waals surface area contributed by atoms with E-state index < -0.39 is 0 Å². The van der Waals surface area contributed by atoms with Gasteiger partial charge in [0.15, 0.2) is 5.58 Å². The minimum Gasteiger partial charge on any atom is -0.454 e. The molecular weight excluding hydrogens is 222 g/mol. The van der Waals surface area contributed by atoms with Gasteiger partial charge in [0.2, 0.25) is 0 Å². The number of furan rings is 1. The predicted octanol–water partition coefficient (Wildman–Crippen LogP) is 4.34. The number of rotatable bonds is 1. The second-order valence-electron chi connectivity index (χ2n) is 4.87. The lowest BCUT2D eigenvalue weighted by Gasteiger charge is -2.21. The van der Waals surface area contributed by atoms with Crippen molar-refractivity contribution in [3.63, 3.8) is 0 Å². The summed E-state index contributed by atoms with van der Waals surface area (Å²) in [5, 5.41) is 1.14. The van der Waals surface area contributed by atoms with Crippen molar-refractivity contribution in [3.8, 4) is 0 Å². The van der Waals surface area contributed by atoms with Crippen molar-refractivity contribution in [1.29, 1.82) is 0 Å². The van der Waals surface area contributed by atoms with E-state index in [-0.39, 0.29) is 0 Å². The number of nitrogens with two attached hydrogens (primary N) is 1. The molecule has 0 saturated carbocycles. The summed E-state index contributed by atoms with van der Waals surface area (Å²) in [6.07, 6.45) is 8.62. The van der Waals surface area contributed by atoms with Gasteiger partial charge in [0.05, 0.1) is 5.69 Å². The maximum absolute atomic E-state index is 5.99. The first kappa shape index (κ1) is 11.1. The van der Waals surface area contributed by atoms with Gasteiger partial charge < -0.3 is 10.2 Å². The van der Waals surface area contributed by atoms with Crippen molar-refractivity contribution in [2.24, 2.45) is 5.92 Å². The molecule has 0 fully saturated rings. The van der Waals surface area contributed by atoms with Crippen LogP contribution in [0.25, 0.3) is 17.0 Å². The Hall–Kier alpha value is -1.96. The highest BCUT2D eigenvalue weighted by molar-refractivity contribution is 5.93. The van der Waals surface area contributed by atoms with Crippen molar-refractivity contribution in [3.05, 3.63) is 47.8 Å². The molecule has 1 aliphatic carbocycles. The zero-order valence-corrected chi connectivity index (χ0v) is 10.7. The highest BCUT2D eigenvalue weighted by Gasteiger charge is 2.26. The zero-order chi connectivity index (χ0) is 12.7. The lowest BCUT2D eigenvalue weighted by Crippen LogP contribution is -2.09. The SMILES string of the molecule is C/C=C\C1c2c(oc3c(N)cccc23)C=CC1C. The molecule has 2 unspecified atom stereocenters. The predicted molar refractivity (Wildman–Crippen MR) is 76.4 cm³/mol. The summed E-state index contributed by atoms with van der Waals surface area (Å²) in [6.45, 7) is 4.29. The Morgan fingerprint density at radius 3 is 2.94 bits per heavy atom. The van der Waals surface area contributed by atoms with Crippen molar-refractivity contribution in [1.82, 2.24) is 0 Å². The van der Waals surface area contributed by atoms with Crippen LogP contribution >= 0.6 is 0 Å². The van der Waals surface area contributed by atoms with Gasteiger partial charge in [-0.25, -0.2) is 0 Å². The molecule has 1 heterocycles. The summed E-state index contributed by atoms with van der Waals surface area (Å²) in [4.78, 5) is 0. The maximum Gasteiger partial charge on any atom is 0.157 e. The Balaban J connectivity index is 2.32. The molecule has 0 bridgehead atoms. The fraction of sp³-hybridized carbons (Fsp3) is 0.250. The standard InChI is InChI=1S/C16H17NO/c1-3-5-11-10(2)8-9-14-15(11)12-6-4-7-13(17)16(12)18-14/h3-11H,17H2,1-2H3/b5-3-. The molecule has 2 atom stereocenters. The number of benzene rings is 1. The van der Waals surface area contributed by atoms with Gasteiger partial charge in [-0.05, 0) is 25.0 Å². The monoisotopic (exact) mass is 239 g/mol. The lowest BCUT2D eigenvalue weighted by molar-refractivity contribution is 0.566. The van der Waals surface area contributed by atoms with E-state index in [1.807, 2.05) is 12.1 Å². The van der Waals surface area contributed by atoms with Crippen molar-refractivity contribution in [2.45, 2.75) is 19.8 Å². The molecule has 0 spiro atoms. The Bertz CT molecular complexity index is 648. The van der Waals surface area contributed by atoms with E-state index in [1.165, 1.54) is 5.56 Å². The van der Waals surface area contributed by atoms with E-state index in [1.54, 1.807) is 0 Å². The molecule has 0 amide bonds. The summed E-state index contributed by atoms with van der Waals surface area (Å²) < 4.78 is 5.90. The first-order chi connectivity index (χ1) is 8.72. The highest BCUT2D eigenvalue weighted by atomic mass is 16.3. The van der Waals surface area contributed by atoms with Crippen molar-refractivity contribution in [2.75, 3.05) is 5.73 Å². The second-order valence-corrected chi connectivity index (χ2v) is 4.87. The third-order valence-electron chi connectivity index (χ3n) is 3.66. The average molecular weight is 239 g/mol. The van der Waals surface area contributed by atoms with E-state index in [2.05, 4.69) is 44.2 Å². The van der Waals surface area contributed by atoms with Crippen LogP contribution in [-0.2, 0) is 0 Å². The Morgan fingerprint density at radius 1 is 1.33 bits per heavy atom. The largest absolute Gasteiger partial charge is 0.454 e. The molecule has 2 aromatic rings. The number of nitrogen functional groups attached to an aromatic ring is 1. The van der Waals surface area contributed by atoms with Gasteiger partial charge >= 0.3 is 0 Å². The summed E-state index contributed by atoms with van der Waals surface area (Å²) in [7, 11) is 0. The molecule has 0 saturated heterocycles. The van der Waals surface area contributed by atoms with Gasteiger partial charge in [-0.15, -0.1) is 0 Å². The molecule has 92 valence electrons. The number of hydrogen-bond acceptors (Lipinski definition) is 2.